The first-order valence-electron chi connectivity index (χ1n) is 6.28. The standard InChI is InChI=1S/C13H19N3O2/c1-9(2)7-16(10-4-5-10)12-11(13(17)18-3)6-14-8-15-12/h6,8-10H,4-5,7H2,1-3H3. The summed E-state index contributed by atoms with van der Waals surface area (Å²) in [4.78, 5) is 22.1. The van der Waals surface area contributed by atoms with E-state index < -0.39 is 0 Å². The van der Waals surface area contributed by atoms with Gasteiger partial charge in [-0.3, -0.25) is 0 Å². The van der Waals surface area contributed by atoms with Crippen molar-refractivity contribution in [2.45, 2.75) is 32.7 Å². The fraction of sp³-hybridized carbons (Fsp3) is 0.615. The average Bonchev–Trinajstić information content (AvgIpc) is 3.19. The monoisotopic (exact) mass is 249 g/mol. The summed E-state index contributed by atoms with van der Waals surface area (Å²) in [5.74, 6) is 0.846. The van der Waals surface area contributed by atoms with Crippen molar-refractivity contribution in [3.63, 3.8) is 0 Å². The molecule has 0 unspecified atom stereocenters. The van der Waals surface area contributed by atoms with Gasteiger partial charge in [0.05, 0.1) is 7.11 Å². The minimum atomic E-state index is -0.375. The minimum Gasteiger partial charge on any atom is -0.465 e. The van der Waals surface area contributed by atoms with Crippen LogP contribution in [0.1, 0.15) is 37.0 Å². The molecular formula is C13H19N3O2. The van der Waals surface area contributed by atoms with Crippen LogP contribution in [0.15, 0.2) is 12.5 Å². The number of carbonyl (C=O) groups is 1. The second kappa shape index (κ2) is 5.33. The van der Waals surface area contributed by atoms with E-state index >= 15 is 0 Å². The van der Waals surface area contributed by atoms with Gasteiger partial charge in [-0.15, -0.1) is 0 Å². The van der Waals surface area contributed by atoms with Crippen molar-refractivity contribution >= 4 is 11.8 Å². The smallest absolute Gasteiger partial charge is 0.343 e. The second-order valence-corrected chi connectivity index (χ2v) is 5.03. The van der Waals surface area contributed by atoms with E-state index in [2.05, 4.69) is 28.7 Å². The van der Waals surface area contributed by atoms with Crippen LogP contribution in [0.5, 0.6) is 0 Å². The second-order valence-electron chi connectivity index (χ2n) is 5.03. The van der Waals surface area contributed by atoms with Gasteiger partial charge in [-0.2, -0.15) is 0 Å². The molecule has 1 aromatic rings. The molecule has 1 fully saturated rings. The summed E-state index contributed by atoms with van der Waals surface area (Å²) in [5, 5.41) is 0. The average molecular weight is 249 g/mol. The Morgan fingerprint density at radius 1 is 1.56 bits per heavy atom. The number of nitrogens with zero attached hydrogens (tertiary/aromatic N) is 3. The lowest BCUT2D eigenvalue weighted by Crippen LogP contribution is -2.32. The van der Waals surface area contributed by atoms with Crippen LogP contribution in [0.3, 0.4) is 0 Å². The zero-order chi connectivity index (χ0) is 13.1. The molecule has 0 spiro atoms. The highest BCUT2D eigenvalue weighted by Gasteiger charge is 2.32. The molecule has 0 N–H and O–H groups in total. The van der Waals surface area contributed by atoms with Crippen molar-refractivity contribution in [2.75, 3.05) is 18.6 Å². The molecule has 5 heteroatoms. The highest BCUT2D eigenvalue weighted by atomic mass is 16.5. The third-order valence-electron chi connectivity index (χ3n) is 2.92. The summed E-state index contributed by atoms with van der Waals surface area (Å²) in [6, 6.07) is 0.505. The van der Waals surface area contributed by atoms with Crippen LogP contribution >= 0.6 is 0 Å². The zero-order valence-corrected chi connectivity index (χ0v) is 11.1. The maximum Gasteiger partial charge on any atom is 0.343 e. The summed E-state index contributed by atoms with van der Waals surface area (Å²) >= 11 is 0. The van der Waals surface area contributed by atoms with Crippen LogP contribution in [0.2, 0.25) is 0 Å². The number of rotatable bonds is 5. The van der Waals surface area contributed by atoms with Gasteiger partial charge in [-0.1, -0.05) is 13.8 Å². The lowest BCUT2D eigenvalue weighted by molar-refractivity contribution is 0.0600. The molecule has 18 heavy (non-hydrogen) atoms. The van der Waals surface area contributed by atoms with Crippen LogP contribution in [-0.4, -0.2) is 35.6 Å². The van der Waals surface area contributed by atoms with Gasteiger partial charge in [0, 0.05) is 18.8 Å². The fourth-order valence-corrected chi connectivity index (χ4v) is 1.99. The van der Waals surface area contributed by atoms with E-state index in [-0.39, 0.29) is 5.97 Å². The third kappa shape index (κ3) is 2.78. The quantitative estimate of drug-likeness (QED) is 0.746. The molecule has 0 aromatic carbocycles. The molecule has 0 bridgehead atoms. The Balaban J connectivity index is 2.31. The molecule has 0 saturated heterocycles. The molecule has 1 saturated carbocycles. The number of carbonyl (C=O) groups excluding carboxylic acids is 1. The molecule has 1 aliphatic carbocycles. The first-order chi connectivity index (χ1) is 8.63. The number of methoxy groups -OCH3 is 1. The first kappa shape index (κ1) is 12.8. The van der Waals surface area contributed by atoms with E-state index in [1.165, 1.54) is 19.6 Å². The van der Waals surface area contributed by atoms with E-state index in [4.69, 9.17) is 4.74 Å². The van der Waals surface area contributed by atoms with E-state index in [0.29, 0.717) is 23.3 Å². The predicted molar refractivity (Wildman–Crippen MR) is 68.6 cm³/mol. The van der Waals surface area contributed by atoms with Crippen molar-refractivity contribution in [1.82, 2.24) is 9.97 Å². The zero-order valence-electron chi connectivity index (χ0n) is 11.1. The molecule has 0 atom stereocenters. The van der Waals surface area contributed by atoms with Gasteiger partial charge in [-0.25, -0.2) is 14.8 Å². The molecule has 1 aliphatic rings. The van der Waals surface area contributed by atoms with Gasteiger partial charge in [0.25, 0.3) is 0 Å². The Hall–Kier alpha value is -1.65. The number of anilines is 1. The predicted octanol–water partition coefficient (Wildman–Crippen LogP) is 1.89. The molecule has 98 valence electrons. The Morgan fingerprint density at radius 3 is 2.83 bits per heavy atom. The Labute approximate surface area is 107 Å². The molecule has 2 rings (SSSR count). The Bertz CT molecular complexity index is 430. The number of aromatic nitrogens is 2. The topological polar surface area (TPSA) is 55.3 Å². The van der Waals surface area contributed by atoms with Gasteiger partial charge < -0.3 is 9.64 Å². The minimum absolute atomic E-state index is 0.375. The maximum absolute atomic E-state index is 11.7. The van der Waals surface area contributed by atoms with Crippen molar-refractivity contribution in [3.05, 3.63) is 18.1 Å². The van der Waals surface area contributed by atoms with Crippen LogP contribution in [0.25, 0.3) is 0 Å². The highest BCUT2D eigenvalue weighted by molar-refractivity contribution is 5.94. The van der Waals surface area contributed by atoms with Gasteiger partial charge in [0.1, 0.15) is 17.7 Å². The lowest BCUT2D eigenvalue weighted by Gasteiger charge is -2.26. The largest absolute Gasteiger partial charge is 0.465 e. The fourth-order valence-electron chi connectivity index (χ4n) is 1.99. The molecule has 0 radical (unpaired) electrons. The summed E-state index contributed by atoms with van der Waals surface area (Å²) in [6.07, 6.45) is 5.34. The van der Waals surface area contributed by atoms with Gasteiger partial charge in [-0.05, 0) is 18.8 Å². The Morgan fingerprint density at radius 2 is 2.28 bits per heavy atom. The number of hydrogen-bond acceptors (Lipinski definition) is 5. The number of ether oxygens (including phenoxy) is 1. The molecule has 0 amide bonds. The van der Waals surface area contributed by atoms with E-state index in [1.54, 1.807) is 0 Å². The highest BCUT2D eigenvalue weighted by Crippen LogP contribution is 2.32. The SMILES string of the molecule is COC(=O)c1cncnc1N(CC(C)C)C1CC1. The van der Waals surface area contributed by atoms with Crippen LogP contribution in [0, 0.1) is 5.92 Å². The van der Waals surface area contributed by atoms with Crippen LogP contribution in [-0.2, 0) is 4.74 Å². The number of esters is 1. The summed E-state index contributed by atoms with van der Waals surface area (Å²) in [5.41, 5.74) is 0.451. The van der Waals surface area contributed by atoms with Crippen LogP contribution < -0.4 is 4.90 Å². The summed E-state index contributed by atoms with van der Waals surface area (Å²) in [7, 11) is 1.38. The van der Waals surface area contributed by atoms with E-state index in [1.807, 2.05) is 0 Å². The molecule has 1 aromatic heterocycles. The number of hydrogen-bond donors (Lipinski definition) is 0. The van der Waals surface area contributed by atoms with E-state index in [9.17, 15) is 4.79 Å². The molecule has 1 heterocycles. The van der Waals surface area contributed by atoms with Crippen molar-refractivity contribution in [1.29, 1.82) is 0 Å². The van der Waals surface area contributed by atoms with Crippen molar-refractivity contribution in [3.8, 4) is 0 Å². The molecule has 5 nitrogen and oxygen atoms in total. The first-order valence-corrected chi connectivity index (χ1v) is 6.28. The maximum atomic E-state index is 11.7. The molecular weight excluding hydrogens is 230 g/mol. The summed E-state index contributed by atoms with van der Waals surface area (Å²) < 4.78 is 4.79. The Kier molecular flexibility index (Phi) is 3.79. The van der Waals surface area contributed by atoms with Crippen molar-refractivity contribution < 1.29 is 9.53 Å². The third-order valence-corrected chi connectivity index (χ3v) is 2.92. The summed E-state index contributed by atoms with van der Waals surface area (Å²) in [6.45, 7) is 5.22. The van der Waals surface area contributed by atoms with E-state index in [0.717, 1.165) is 19.4 Å². The lowest BCUT2D eigenvalue weighted by atomic mass is 10.2. The van der Waals surface area contributed by atoms with Gasteiger partial charge in [0.2, 0.25) is 0 Å². The van der Waals surface area contributed by atoms with Gasteiger partial charge in [0.15, 0.2) is 0 Å². The molecule has 0 aliphatic heterocycles. The van der Waals surface area contributed by atoms with Gasteiger partial charge >= 0.3 is 5.97 Å². The van der Waals surface area contributed by atoms with Crippen molar-refractivity contribution in [2.24, 2.45) is 5.92 Å². The van der Waals surface area contributed by atoms with Crippen LogP contribution in [0.4, 0.5) is 5.82 Å². The normalized spacial score (nSPS) is 14.7.